The summed E-state index contributed by atoms with van der Waals surface area (Å²) in [4.78, 5) is 12.5. The van der Waals surface area contributed by atoms with Gasteiger partial charge < -0.3 is 10.1 Å². The molecule has 2 rings (SSSR count). The summed E-state index contributed by atoms with van der Waals surface area (Å²) in [6.07, 6.45) is 2.35. The molecule has 152 valence electrons. The zero-order valence-corrected chi connectivity index (χ0v) is 17.0. The summed E-state index contributed by atoms with van der Waals surface area (Å²) in [6.45, 7) is 1.81. The lowest BCUT2D eigenvalue weighted by Gasteiger charge is -2.28. The van der Waals surface area contributed by atoms with Crippen molar-refractivity contribution in [2.45, 2.75) is 25.8 Å². The van der Waals surface area contributed by atoms with E-state index >= 15 is 0 Å². The number of ether oxygens (including phenoxy) is 1. The van der Waals surface area contributed by atoms with Gasteiger partial charge in [0, 0.05) is 6.54 Å². The van der Waals surface area contributed by atoms with Gasteiger partial charge in [-0.15, -0.1) is 0 Å². The van der Waals surface area contributed by atoms with Crippen LogP contribution in [0.2, 0.25) is 0 Å². The molecular weight excluding hydrogens is 383 g/mol. The molecule has 1 atom stereocenters. The van der Waals surface area contributed by atoms with Crippen LogP contribution >= 0.6 is 0 Å². The summed E-state index contributed by atoms with van der Waals surface area (Å²) in [5, 5.41) is 2.72. The molecule has 1 N–H and O–H groups in total. The van der Waals surface area contributed by atoms with Gasteiger partial charge in [-0.1, -0.05) is 24.3 Å². The van der Waals surface area contributed by atoms with E-state index in [9.17, 15) is 17.6 Å². The Bertz CT molecular complexity index is 918. The lowest BCUT2D eigenvalue weighted by Crippen LogP contribution is -2.48. The number of nitrogens with zero attached hydrogens (tertiary/aromatic N) is 1. The Balaban J connectivity index is 1.98. The molecule has 1 amide bonds. The van der Waals surface area contributed by atoms with Crippen molar-refractivity contribution in [2.75, 3.05) is 24.2 Å². The number of carbonyl (C=O) groups excluding carboxylic acids is 1. The second kappa shape index (κ2) is 9.54. The van der Waals surface area contributed by atoms with Gasteiger partial charge in [-0.05, 0) is 49.6 Å². The minimum atomic E-state index is -3.85. The zero-order valence-electron chi connectivity index (χ0n) is 16.2. The molecule has 0 bridgehead atoms. The van der Waals surface area contributed by atoms with Gasteiger partial charge in [0.15, 0.2) is 0 Å². The van der Waals surface area contributed by atoms with Crippen LogP contribution in [0.3, 0.4) is 0 Å². The van der Waals surface area contributed by atoms with Crippen LogP contribution in [-0.4, -0.2) is 40.3 Å². The lowest BCUT2D eigenvalue weighted by molar-refractivity contribution is -0.121. The molecule has 1 unspecified atom stereocenters. The van der Waals surface area contributed by atoms with Crippen LogP contribution in [-0.2, 0) is 21.2 Å². The number of halogens is 1. The standard InChI is InChI=1S/C20H25FN2O4S/c1-15(23(28(3,25)26)19-12-5-4-11-18(19)21)20(24)22-13-7-9-16-8-6-10-17(14-16)27-2/h4-6,8,10-12,14-15H,7,9,13H2,1-3H3,(H,22,24). The van der Waals surface area contributed by atoms with Crippen molar-refractivity contribution in [1.29, 1.82) is 0 Å². The van der Waals surface area contributed by atoms with Crippen LogP contribution < -0.4 is 14.4 Å². The highest BCUT2D eigenvalue weighted by Crippen LogP contribution is 2.24. The van der Waals surface area contributed by atoms with E-state index in [-0.39, 0.29) is 5.69 Å². The summed E-state index contributed by atoms with van der Waals surface area (Å²) in [5.74, 6) is -0.422. The number of rotatable bonds is 9. The molecule has 0 radical (unpaired) electrons. The maximum atomic E-state index is 14.1. The van der Waals surface area contributed by atoms with Gasteiger partial charge in [-0.25, -0.2) is 12.8 Å². The predicted molar refractivity (Wildman–Crippen MR) is 108 cm³/mol. The van der Waals surface area contributed by atoms with Gasteiger partial charge in [0.05, 0.1) is 19.1 Å². The van der Waals surface area contributed by atoms with E-state index in [0.29, 0.717) is 13.0 Å². The second-order valence-corrected chi connectivity index (χ2v) is 8.29. The quantitative estimate of drug-likeness (QED) is 0.648. The lowest BCUT2D eigenvalue weighted by atomic mass is 10.1. The molecule has 28 heavy (non-hydrogen) atoms. The fourth-order valence-electron chi connectivity index (χ4n) is 2.89. The molecular formula is C20H25FN2O4S. The van der Waals surface area contributed by atoms with Crippen molar-refractivity contribution in [1.82, 2.24) is 5.32 Å². The van der Waals surface area contributed by atoms with Crippen molar-refractivity contribution in [3.05, 3.63) is 59.9 Å². The van der Waals surface area contributed by atoms with Crippen molar-refractivity contribution >= 4 is 21.6 Å². The third-order valence-electron chi connectivity index (χ3n) is 4.25. The predicted octanol–water partition coefficient (Wildman–Crippen LogP) is 2.74. The van der Waals surface area contributed by atoms with Gasteiger partial charge in [0.1, 0.15) is 17.6 Å². The van der Waals surface area contributed by atoms with Crippen LogP contribution in [0, 0.1) is 5.82 Å². The summed E-state index contributed by atoms with van der Waals surface area (Å²) in [6, 6.07) is 12.0. The first-order valence-electron chi connectivity index (χ1n) is 8.88. The normalized spacial score (nSPS) is 12.3. The monoisotopic (exact) mass is 408 g/mol. The Morgan fingerprint density at radius 2 is 1.93 bits per heavy atom. The Kier molecular flexibility index (Phi) is 7.39. The first-order chi connectivity index (χ1) is 13.2. The van der Waals surface area contributed by atoms with Crippen LogP contribution in [0.15, 0.2) is 48.5 Å². The molecule has 0 spiro atoms. The van der Waals surface area contributed by atoms with Crippen LogP contribution in [0.25, 0.3) is 0 Å². The van der Waals surface area contributed by atoms with Crippen LogP contribution in [0.5, 0.6) is 5.75 Å². The topological polar surface area (TPSA) is 75.7 Å². The fraction of sp³-hybridized carbons (Fsp3) is 0.350. The number of anilines is 1. The molecule has 0 aliphatic rings. The number of para-hydroxylation sites is 1. The minimum absolute atomic E-state index is 0.149. The van der Waals surface area contributed by atoms with E-state index in [2.05, 4.69) is 5.32 Å². The summed E-state index contributed by atoms with van der Waals surface area (Å²) >= 11 is 0. The second-order valence-electron chi connectivity index (χ2n) is 6.43. The van der Waals surface area contributed by atoms with Crippen molar-refractivity contribution in [2.24, 2.45) is 0 Å². The number of methoxy groups -OCH3 is 1. The molecule has 0 aliphatic carbocycles. The molecule has 0 aliphatic heterocycles. The molecule has 2 aromatic carbocycles. The van der Waals surface area contributed by atoms with Gasteiger partial charge in [0.2, 0.25) is 15.9 Å². The third kappa shape index (κ3) is 5.69. The van der Waals surface area contributed by atoms with E-state index in [1.165, 1.54) is 25.1 Å². The Hall–Kier alpha value is -2.61. The van der Waals surface area contributed by atoms with Gasteiger partial charge >= 0.3 is 0 Å². The van der Waals surface area contributed by atoms with Crippen molar-refractivity contribution in [3.63, 3.8) is 0 Å². The highest BCUT2D eigenvalue weighted by molar-refractivity contribution is 7.92. The molecule has 2 aromatic rings. The average Bonchev–Trinajstić information content (AvgIpc) is 2.65. The number of sulfonamides is 1. The first-order valence-corrected chi connectivity index (χ1v) is 10.7. The number of benzene rings is 2. The van der Waals surface area contributed by atoms with Crippen molar-refractivity contribution in [3.8, 4) is 5.75 Å². The summed E-state index contributed by atoms with van der Waals surface area (Å²) in [7, 11) is -2.25. The largest absolute Gasteiger partial charge is 0.497 e. The number of amides is 1. The molecule has 0 saturated carbocycles. The summed E-state index contributed by atoms with van der Waals surface area (Å²) < 4.78 is 44.4. The number of hydrogen-bond donors (Lipinski definition) is 1. The molecule has 6 nitrogen and oxygen atoms in total. The summed E-state index contributed by atoms with van der Waals surface area (Å²) in [5.41, 5.74) is 0.926. The average molecular weight is 408 g/mol. The van der Waals surface area contributed by atoms with Crippen LogP contribution in [0.1, 0.15) is 18.9 Å². The SMILES string of the molecule is COc1cccc(CCCNC(=O)C(C)N(c2ccccc2F)S(C)(=O)=O)c1. The molecule has 0 fully saturated rings. The Labute approximate surface area is 165 Å². The van der Waals surface area contributed by atoms with Gasteiger partial charge in [-0.2, -0.15) is 0 Å². The maximum absolute atomic E-state index is 14.1. The molecule has 8 heteroatoms. The fourth-order valence-corrected chi connectivity index (χ4v) is 4.07. The van der Waals surface area contributed by atoms with Crippen molar-refractivity contribution < 1.29 is 22.3 Å². The molecule has 0 heterocycles. The Morgan fingerprint density at radius 3 is 2.57 bits per heavy atom. The first kappa shape index (κ1) is 21.7. The smallest absolute Gasteiger partial charge is 0.243 e. The highest BCUT2D eigenvalue weighted by atomic mass is 32.2. The van der Waals surface area contributed by atoms with Crippen LogP contribution in [0.4, 0.5) is 10.1 Å². The number of carbonyl (C=O) groups is 1. The Morgan fingerprint density at radius 1 is 1.21 bits per heavy atom. The van der Waals surface area contributed by atoms with E-state index in [4.69, 9.17) is 4.74 Å². The van der Waals surface area contributed by atoms with E-state index < -0.39 is 27.8 Å². The highest BCUT2D eigenvalue weighted by Gasteiger charge is 2.30. The van der Waals surface area contributed by atoms with E-state index in [1.807, 2.05) is 24.3 Å². The number of hydrogen-bond acceptors (Lipinski definition) is 4. The van der Waals surface area contributed by atoms with E-state index in [1.54, 1.807) is 7.11 Å². The third-order valence-corrected chi connectivity index (χ3v) is 5.48. The number of aryl methyl sites for hydroxylation is 1. The number of nitrogens with one attached hydrogen (secondary N) is 1. The van der Waals surface area contributed by atoms with Gasteiger partial charge in [0.25, 0.3) is 0 Å². The maximum Gasteiger partial charge on any atom is 0.243 e. The molecule has 0 aromatic heterocycles. The molecule has 0 saturated heterocycles. The van der Waals surface area contributed by atoms with Gasteiger partial charge in [-0.3, -0.25) is 9.10 Å². The minimum Gasteiger partial charge on any atom is -0.497 e. The zero-order chi connectivity index (χ0) is 20.7. The van der Waals surface area contributed by atoms with E-state index in [0.717, 1.165) is 34.4 Å².